The maximum absolute atomic E-state index is 14.2. The monoisotopic (exact) mass is 631 g/mol. The Morgan fingerprint density at radius 2 is 1.85 bits per heavy atom. The second-order valence-electron chi connectivity index (χ2n) is 13.8. The average Bonchev–Trinajstić information content (AvgIpc) is 3.33. The van der Waals surface area contributed by atoms with Crippen LogP contribution in [0.3, 0.4) is 0 Å². The molecule has 3 aliphatic rings. The first-order chi connectivity index (χ1) is 22.4. The minimum absolute atomic E-state index is 0.00136. The maximum atomic E-state index is 14.2. The highest BCUT2D eigenvalue weighted by atomic mass is 19.1. The summed E-state index contributed by atoms with van der Waals surface area (Å²) in [6.45, 7) is 5.24. The van der Waals surface area contributed by atoms with Crippen molar-refractivity contribution in [1.29, 1.82) is 0 Å². The number of fused-ring (bicyclic) bond motifs is 1. The molecule has 248 valence electrons. The molecule has 0 radical (unpaired) electrons. The van der Waals surface area contributed by atoms with Crippen molar-refractivity contribution in [3.05, 3.63) is 64.9 Å². The number of likely N-dealkylation sites (tertiary alicyclic amines) is 1. The number of hydrogen-bond acceptors (Lipinski definition) is 7. The molecule has 46 heavy (non-hydrogen) atoms. The standard InChI is InChI=1S/C36H50FN7O2/c1-3-31(24-11-13-25(14-12-24)35(45)46)40-36-41-32-16-15-27(26-9-8-10-29(37)19-26)20-30(32)34(42-36)39-33(28-21-38-43(2)22-28)23-44-17-6-4-5-7-18-44/h8-10,19,21-22,24-25,27,31,33H,3-7,11-18,20,23H2,1-2H3,(H,45,46)(H2,39,40,41,42)/t24?,25?,27-,31-,33+/m1/s1. The lowest BCUT2D eigenvalue weighted by Gasteiger charge is -2.33. The summed E-state index contributed by atoms with van der Waals surface area (Å²) < 4.78 is 16.1. The van der Waals surface area contributed by atoms with E-state index in [0.29, 0.717) is 11.9 Å². The molecule has 10 heteroatoms. The summed E-state index contributed by atoms with van der Waals surface area (Å²) >= 11 is 0. The number of halogens is 1. The van der Waals surface area contributed by atoms with E-state index in [4.69, 9.17) is 9.97 Å². The van der Waals surface area contributed by atoms with Gasteiger partial charge in [-0.2, -0.15) is 10.1 Å². The summed E-state index contributed by atoms with van der Waals surface area (Å²) in [5, 5.41) is 21.6. The van der Waals surface area contributed by atoms with Crippen molar-refractivity contribution in [2.75, 3.05) is 30.3 Å². The number of nitrogens with one attached hydrogen (secondary N) is 2. The van der Waals surface area contributed by atoms with Crippen LogP contribution < -0.4 is 10.6 Å². The van der Waals surface area contributed by atoms with Gasteiger partial charge in [0, 0.05) is 37.0 Å². The first kappa shape index (κ1) is 32.4. The Bertz CT molecular complexity index is 1460. The van der Waals surface area contributed by atoms with Crippen LogP contribution >= 0.6 is 0 Å². The van der Waals surface area contributed by atoms with Crippen LogP contribution in [0.15, 0.2) is 36.7 Å². The van der Waals surface area contributed by atoms with Crippen LogP contribution in [0.4, 0.5) is 16.2 Å². The molecular weight excluding hydrogens is 581 g/mol. The molecule has 2 aromatic heterocycles. The maximum Gasteiger partial charge on any atom is 0.306 e. The van der Waals surface area contributed by atoms with Crippen LogP contribution in [0.25, 0.3) is 0 Å². The molecule has 1 saturated heterocycles. The fraction of sp³-hybridized carbons (Fsp3) is 0.611. The van der Waals surface area contributed by atoms with E-state index in [9.17, 15) is 14.3 Å². The van der Waals surface area contributed by atoms with Crippen LogP contribution in [-0.2, 0) is 24.7 Å². The van der Waals surface area contributed by atoms with E-state index in [1.807, 2.05) is 24.0 Å². The van der Waals surface area contributed by atoms with Crippen molar-refractivity contribution in [3.8, 4) is 0 Å². The Hall–Kier alpha value is -3.53. The summed E-state index contributed by atoms with van der Waals surface area (Å²) in [4.78, 5) is 24.4. The molecule has 0 unspecified atom stereocenters. The van der Waals surface area contributed by atoms with E-state index in [1.165, 1.54) is 31.7 Å². The predicted molar refractivity (Wildman–Crippen MR) is 178 cm³/mol. The van der Waals surface area contributed by atoms with Crippen molar-refractivity contribution >= 4 is 17.7 Å². The lowest BCUT2D eigenvalue weighted by Crippen LogP contribution is -2.35. The smallest absolute Gasteiger partial charge is 0.306 e. The number of aromatic nitrogens is 4. The molecule has 0 spiro atoms. The zero-order chi connectivity index (χ0) is 32.0. The second kappa shape index (κ2) is 14.9. The van der Waals surface area contributed by atoms with Gasteiger partial charge in [-0.25, -0.2) is 9.37 Å². The number of carboxylic acid groups (broad SMARTS) is 1. The Morgan fingerprint density at radius 3 is 2.52 bits per heavy atom. The summed E-state index contributed by atoms with van der Waals surface area (Å²) in [6, 6.07) is 7.19. The van der Waals surface area contributed by atoms with Gasteiger partial charge in [0.15, 0.2) is 0 Å². The van der Waals surface area contributed by atoms with Crippen LogP contribution in [0.1, 0.15) is 105 Å². The van der Waals surface area contributed by atoms with Gasteiger partial charge in [0.25, 0.3) is 0 Å². The van der Waals surface area contributed by atoms with E-state index in [-0.39, 0.29) is 29.7 Å². The SMILES string of the molecule is CC[C@@H](Nc1nc2c(c(N[C@@H](CN3CCCCCC3)c3cnn(C)c3)n1)C[C@H](c1cccc(F)c1)CC2)C1CCC(C(=O)O)CC1. The second-order valence-corrected chi connectivity index (χ2v) is 13.8. The third kappa shape index (κ3) is 7.88. The van der Waals surface area contributed by atoms with E-state index >= 15 is 0 Å². The normalized spacial score (nSPS) is 23.6. The number of benzene rings is 1. The fourth-order valence-corrected chi connectivity index (χ4v) is 7.92. The summed E-state index contributed by atoms with van der Waals surface area (Å²) in [7, 11) is 1.96. The Kier molecular flexibility index (Phi) is 10.5. The number of hydrogen-bond donors (Lipinski definition) is 3. The molecule has 6 rings (SSSR count). The van der Waals surface area contributed by atoms with Crippen molar-refractivity contribution in [2.24, 2.45) is 18.9 Å². The molecule has 3 N–H and O–H groups in total. The number of carboxylic acids is 1. The highest BCUT2D eigenvalue weighted by Gasteiger charge is 2.32. The number of aryl methyl sites for hydroxylation is 2. The van der Waals surface area contributed by atoms with E-state index in [0.717, 1.165) is 99.2 Å². The first-order valence-corrected chi connectivity index (χ1v) is 17.5. The zero-order valence-electron chi connectivity index (χ0n) is 27.4. The molecule has 0 amide bonds. The highest BCUT2D eigenvalue weighted by Crippen LogP contribution is 2.38. The zero-order valence-corrected chi connectivity index (χ0v) is 27.4. The van der Waals surface area contributed by atoms with Gasteiger partial charge < -0.3 is 20.6 Å². The Labute approximate surface area is 272 Å². The van der Waals surface area contributed by atoms with Crippen LogP contribution in [0, 0.1) is 17.7 Å². The van der Waals surface area contributed by atoms with Gasteiger partial charge in [-0.1, -0.05) is 31.9 Å². The summed E-state index contributed by atoms with van der Waals surface area (Å²) in [6.07, 6.45) is 15.7. The van der Waals surface area contributed by atoms with Crippen LogP contribution in [-0.4, -0.2) is 61.4 Å². The minimum atomic E-state index is -0.673. The number of aliphatic carboxylic acids is 1. The molecule has 2 aliphatic carbocycles. The van der Waals surface area contributed by atoms with Crippen molar-refractivity contribution in [1.82, 2.24) is 24.6 Å². The van der Waals surface area contributed by atoms with E-state index in [2.05, 4.69) is 33.8 Å². The van der Waals surface area contributed by atoms with E-state index < -0.39 is 5.97 Å². The van der Waals surface area contributed by atoms with Gasteiger partial charge in [-0.3, -0.25) is 9.48 Å². The Balaban J connectivity index is 1.30. The van der Waals surface area contributed by atoms with Gasteiger partial charge in [-0.15, -0.1) is 0 Å². The number of anilines is 2. The molecule has 3 heterocycles. The number of nitrogens with zero attached hydrogens (tertiary/aromatic N) is 5. The molecule has 3 aromatic rings. The molecular formula is C36H50FN7O2. The van der Waals surface area contributed by atoms with Gasteiger partial charge in [0.05, 0.1) is 23.9 Å². The average molecular weight is 632 g/mol. The van der Waals surface area contributed by atoms with E-state index in [1.54, 1.807) is 12.1 Å². The molecule has 0 bridgehead atoms. The van der Waals surface area contributed by atoms with Crippen LogP contribution in [0.5, 0.6) is 0 Å². The quantitative estimate of drug-likeness (QED) is 0.214. The topological polar surface area (TPSA) is 108 Å². The molecule has 9 nitrogen and oxygen atoms in total. The third-order valence-corrected chi connectivity index (χ3v) is 10.6. The fourth-order valence-electron chi connectivity index (χ4n) is 7.92. The molecule has 1 aliphatic heterocycles. The van der Waals surface area contributed by atoms with Gasteiger partial charge in [-0.05, 0) is 107 Å². The minimum Gasteiger partial charge on any atom is -0.481 e. The van der Waals surface area contributed by atoms with Crippen LogP contribution in [0.2, 0.25) is 0 Å². The predicted octanol–water partition coefficient (Wildman–Crippen LogP) is 6.73. The first-order valence-electron chi connectivity index (χ1n) is 17.5. The highest BCUT2D eigenvalue weighted by molar-refractivity contribution is 5.70. The number of carbonyl (C=O) groups is 1. The van der Waals surface area contributed by atoms with Crippen molar-refractivity contribution in [2.45, 2.75) is 102 Å². The lowest BCUT2D eigenvalue weighted by atomic mass is 9.78. The molecule has 2 fully saturated rings. The molecule has 1 aromatic carbocycles. The molecule has 3 atom stereocenters. The largest absolute Gasteiger partial charge is 0.481 e. The van der Waals surface area contributed by atoms with Crippen molar-refractivity contribution in [3.63, 3.8) is 0 Å². The summed E-state index contributed by atoms with van der Waals surface area (Å²) in [5.74, 6) is 0.965. The van der Waals surface area contributed by atoms with Gasteiger partial charge in [0.2, 0.25) is 5.95 Å². The third-order valence-electron chi connectivity index (χ3n) is 10.6. The van der Waals surface area contributed by atoms with Gasteiger partial charge >= 0.3 is 5.97 Å². The number of rotatable bonds is 11. The van der Waals surface area contributed by atoms with Gasteiger partial charge in [0.1, 0.15) is 11.6 Å². The molecule has 1 saturated carbocycles. The Morgan fingerprint density at radius 1 is 1.07 bits per heavy atom. The summed E-state index contributed by atoms with van der Waals surface area (Å²) in [5.41, 5.74) is 4.32. The van der Waals surface area contributed by atoms with Crippen molar-refractivity contribution < 1.29 is 14.3 Å². The lowest BCUT2D eigenvalue weighted by molar-refractivity contribution is -0.143.